The van der Waals surface area contributed by atoms with Crippen molar-refractivity contribution in [3.8, 4) is 0 Å². The fourth-order valence-corrected chi connectivity index (χ4v) is 4.60. The molecule has 5 heterocycles. The Labute approximate surface area is 175 Å². The van der Waals surface area contributed by atoms with E-state index in [1.54, 1.807) is 0 Å². The monoisotopic (exact) mass is 402 g/mol. The van der Waals surface area contributed by atoms with E-state index in [1.165, 1.54) is 0 Å². The van der Waals surface area contributed by atoms with E-state index in [0.29, 0.717) is 12.3 Å². The summed E-state index contributed by atoms with van der Waals surface area (Å²) in [5.74, 6) is 0.555. The molecular formula is C23H26N6O. The third kappa shape index (κ3) is 3.14. The van der Waals surface area contributed by atoms with Crippen LogP contribution in [0.5, 0.6) is 0 Å². The minimum absolute atomic E-state index is 0.174. The molecule has 0 spiro atoms. The Morgan fingerprint density at radius 3 is 2.67 bits per heavy atom. The number of pyridine rings is 2. The number of imidazole rings is 1. The van der Waals surface area contributed by atoms with Gasteiger partial charge in [-0.2, -0.15) is 5.10 Å². The van der Waals surface area contributed by atoms with E-state index < -0.39 is 0 Å². The van der Waals surface area contributed by atoms with Crippen LogP contribution in [0.2, 0.25) is 0 Å². The molecule has 4 aromatic rings. The third-order valence-electron chi connectivity index (χ3n) is 6.31. The number of aromatic nitrogens is 5. The van der Waals surface area contributed by atoms with Gasteiger partial charge in [0.1, 0.15) is 5.65 Å². The molecule has 154 valence electrons. The van der Waals surface area contributed by atoms with Crippen LogP contribution in [-0.2, 0) is 18.3 Å². The molecule has 4 aromatic heterocycles. The van der Waals surface area contributed by atoms with Crippen molar-refractivity contribution < 1.29 is 4.79 Å². The molecule has 0 unspecified atom stereocenters. The Kier molecular flexibility index (Phi) is 4.53. The van der Waals surface area contributed by atoms with Crippen molar-refractivity contribution in [3.05, 3.63) is 59.3 Å². The highest BCUT2D eigenvalue weighted by Gasteiger charge is 2.26. The molecule has 0 atom stereocenters. The van der Waals surface area contributed by atoms with Crippen LogP contribution in [0.25, 0.3) is 16.7 Å². The van der Waals surface area contributed by atoms with Gasteiger partial charge in [-0.05, 0) is 51.0 Å². The quantitative estimate of drug-likeness (QED) is 0.528. The topological polar surface area (TPSA) is 68.3 Å². The zero-order valence-corrected chi connectivity index (χ0v) is 17.7. The Bertz CT molecular complexity index is 1250. The Hall–Kier alpha value is -3.22. The van der Waals surface area contributed by atoms with Gasteiger partial charge in [0.25, 0.3) is 0 Å². The lowest BCUT2D eigenvalue weighted by Crippen LogP contribution is -2.39. The molecular weight excluding hydrogens is 376 g/mol. The molecule has 0 N–H and O–H groups in total. The molecule has 1 saturated heterocycles. The molecule has 1 fully saturated rings. The predicted octanol–water partition coefficient (Wildman–Crippen LogP) is 3.18. The maximum absolute atomic E-state index is 13.0. The molecule has 0 bridgehead atoms. The van der Waals surface area contributed by atoms with Gasteiger partial charge in [-0.3, -0.25) is 9.48 Å². The lowest BCUT2D eigenvalue weighted by molar-refractivity contribution is -0.131. The van der Waals surface area contributed by atoms with Gasteiger partial charge in [0, 0.05) is 43.3 Å². The zero-order valence-electron chi connectivity index (χ0n) is 17.7. The number of hydrogen-bond acceptors (Lipinski definition) is 4. The van der Waals surface area contributed by atoms with E-state index in [2.05, 4.69) is 22.2 Å². The van der Waals surface area contributed by atoms with Gasteiger partial charge in [0.15, 0.2) is 5.65 Å². The van der Waals surface area contributed by atoms with Crippen molar-refractivity contribution in [2.24, 2.45) is 7.05 Å². The lowest BCUT2D eigenvalue weighted by Gasteiger charge is -2.32. The van der Waals surface area contributed by atoms with Crippen LogP contribution in [0.1, 0.15) is 41.5 Å². The van der Waals surface area contributed by atoms with Gasteiger partial charge in [0.2, 0.25) is 5.91 Å². The van der Waals surface area contributed by atoms with E-state index in [-0.39, 0.29) is 5.91 Å². The number of amides is 1. The molecule has 30 heavy (non-hydrogen) atoms. The van der Waals surface area contributed by atoms with Gasteiger partial charge in [-0.15, -0.1) is 0 Å². The van der Waals surface area contributed by atoms with Gasteiger partial charge < -0.3 is 9.30 Å². The molecule has 0 saturated carbocycles. The Morgan fingerprint density at radius 1 is 1.07 bits per heavy atom. The van der Waals surface area contributed by atoms with Crippen molar-refractivity contribution in [3.63, 3.8) is 0 Å². The first-order valence-corrected chi connectivity index (χ1v) is 10.5. The van der Waals surface area contributed by atoms with Crippen molar-refractivity contribution in [1.82, 2.24) is 29.0 Å². The molecule has 7 heteroatoms. The standard InChI is InChI=1S/C23H26N6O/c1-15-18-7-8-19(25-23(18)27(3)26-15)17-9-12-28(13-10-17)22(30)14-20-16(2)24-21-6-4-5-11-29(20)21/h4-8,11,17H,9-10,12-14H2,1-3H3. The second kappa shape index (κ2) is 7.23. The first-order chi connectivity index (χ1) is 14.5. The molecule has 5 rings (SSSR count). The fourth-order valence-electron chi connectivity index (χ4n) is 4.60. The summed E-state index contributed by atoms with van der Waals surface area (Å²) in [4.78, 5) is 24.4. The first kappa shape index (κ1) is 18.8. The summed E-state index contributed by atoms with van der Waals surface area (Å²) < 4.78 is 3.88. The van der Waals surface area contributed by atoms with Crippen LogP contribution < -0.4 is 0 Å². The summed E-state index contributed by atoms with van der Waals surface area (Å²) in [6.45, 7) is 5.52. The number of rotatable bonds is 3. The van der Waals surface area contributed by atoms with Crippen molar-refractivity contribution in [2.45, 2.75) is 39.0 Å². The van der Waals surface area contributed by atoms with Crippen molar-refractivity contribution in [2.75, 3.05) is 13.1 Å². The lowest BCUT2D eigenvalue weighted by atomic mass is 9.92. The number of fused-ring (bicyclic) bond motifs is 2. The van der Waals surface area contributed by atoms with E-state index >= 15 is 0 Å². The van der Waals surface area contributed by atoms with Crippen molar-refractivity contribution >= 4 is 22.6 Å². The van der Waals surface area contributed by atoms with Gasteiger partial charge in [-0.25, -0.2) is 9.97 Å². The minimum atomic E-state index is 0.174. The summed E-state index contributed by atoms with van der Waals surface area (Å²) in [6.07, 6.45) is 4.24. The van der Waals surface area contributed by atoms with Crippen LogP contribution >= 0.6 is 0 Å². The molecule has 7 nitrogen and oxygen atoms in total. The predicted molar refractivity (Wildman–Crippen MR) is 115 cm³/mol. The zero-order chi connectivity index (χ0) is 20.8. The number of likely N-dealkylation sites (tertiary alicyclic amines) is 1. The number of aryl methyl sites for hydroxylation is 3. The Balaban J connectivity index is 1.28. The summed E-state index contributed by atoms with van der Waals surface area (Å²) in [6, 6.07) is 10.2. The SMILES string of the molecule is Cc1nc2ccccn2c1CC(=O)N1CCC(c2ccc3c(C)nn(C)c3n2)CC1. The van der Waals surface area contributed by atoms with Crippen molar-refractivity contribution in [1.29, 1.82) is 0 Å². The number of carbonyl (C=O) groups excluding carboxylic acids is 1. The molecule has 1 aliphatic heterocycles. The number of hydrogen-bond donors (Lipinski definition) is 0. The largest absolute Gasteiger partial charge is 0.342 e. The highest BCUT2D eigenvalue weighted by atomic mass is 16.2. The highest BCUT2D eigenvalue weighted by Crippen LogP contribution is 2.29. The average Bonchev–Trinajstić information content (AvgIpc) is 3.23. The van der Waals surface area contributed by atoms with Crippen LogP contribution in [0.15, 0.2) is 36.5 Å². The smallest absolute Gasteiger partial charge is 0.228 e. The third-order valence-corrected chi connectivity index (χ3v) is 6.31. The van der Waals surface area contributed by atoms with E-state index in [9.17, 15) is 4.79 Å². The summed E-state index contributed by atoms with van der Waals surface area (Å²) in [5, 5.41) is 5.58. The van der Waals surface area contributed by atoms with Crippen LogP contribution in [0, 0.1) is 13.8 Å². The second-order valence-electron chi connectivity index (χ2n) is 8.22. The number of carbonyl (C=O) groups is 1. The average molecular weight is 403 g/mol. The van der Waals surface area contributed by atoms with E-state index in [0.717, 1.165) is 65.4 Å². The summed E-state index contributed by atoms with van der Waals surface area (Å²) >= 11 is 0. The van der Waals surface area contributed by atoms with Crippen LogP contribution in [0.4, 0.5) is 0 Å². The number of piperidine rings is 1. The minimum Gasteiger partial charge on any atom is -0.342 e. The molecule has 1 aliphatic rings. The summed E-state index contributed by atoms with van der Waals surface area (Å²) in [5.41, 5.74) is 5.85. The fraction of sp³-hybridized carbons (Fsp3) is 0.391. The summed E-state index contributed by atoms with van der Waals surface area (Å²) in [7, 11) is 1.94. The highest BCUT2D eigenvalue weighted by molar-refractivity contribution is 5.79. The van der Waals surface area contributed by atoms with Gasteiger partial charge in [-0.1, -0.05) is 6.07 Å². The number of nitrogens with zero attached hydrogens (tertiary/aromatic N) is 6. The van der Waals surface area contributed by atoms with Crippen LogP contribution in [-0.4, -0.2) is 48.0 Å². The maximum Gasteiger partial charge on any atom is 0.228 e. The van der Waals surface area contributed by atoms with Gasteiger partial charge in [0.05, 0.1) is 23.5 Å². The maximum atomic E-state index is 13.0. The molecule has 0 aromatic carbocycles. The second-order valence-corrected chi connectivity index (χ2v) is 8.22. The van der Waals surface area contributed by atoms with E-state index in [4.69, 9.17) is 4.98 Å². The first-order valence-electron chi connectivity index (χ1n) is 10.5. The molecule has 0 radical (unpaired) electrons. The molecule has 0 aliphatic carbocycles. The normalized spacial score (nSPS) is 15.4. The van der Waals surface area contributed by atoms with Crippen LogP contribution in [0.3, 0.4) is 0 Å². The van der Waals surface area contributed by atoms with Gasteiger partial charge >= 0.3 is 0 Å². The Morgan fingerprint density at radius 2 is 1.87 bits per heavy atom. The van der Waals surface area contributed by atoms with E-state index in [1.807, 2.05) is 59.3 Å². The molecule has 1 amide bonds.